The Labute approximate surface area is 154 Å². The summed E-state index contributed by atoms with van der Waals surface area (Å²) >= 11 is 1.51. The molecule has 8 nitrogen and oxygen atoms in total. The molecule has 138 valence electrons. The van der Waals surface area contributed by atoms with Gasteiger partial charge in [0.15, 0.2) is 10.9 Å². The summed E-state index contributed by atoms with van der Waals surface area (Å²) in [5, 5.41) is 10.1. The van der Waals surface area contributed by atoms with Gasteiger partial charge >= 0.3 is 0 Å². The third-order valence-electron chi connectivity index (χ3n) is 4.78. The van der Waals surface area contributed by atoms with E-state index in [1.165, 1.54) is 11.3 Å². The van der Waals surface area contributed by atoms with Gasteiger partial charge < -0.3 is 15.2 Å². The Morgan fingerprint density at radius 2 is 2.23 bits per heavy atom. The molecule has 2 amide bonds. The van der Waals surface area contributed by atoms with E-state index >= 15 is 0 Å². The lowest BCUT2D eigenvalue weighted by Gasteiger charge is -2.24. The van der Waals surface area contributed by atoms with E-state index in [9.17, 15) is 9.59 Å². The molecule has 0 spiro atoms. The van der Waals surface area contributed by atoms with Gasteiger partial charge in [-0.15, -0.1) is 11.3 Å². The van der Waals surface area contributed by atoms with Gasteiger partial charge in [0.2, 0.25) is 11.8 Å². The van der Waals surface area contributed by atoms with E-state index in [1.54, 1.807) is 13.0 Å². The first kappa shape index (κ1) is 17.2. The minimum absolute atomic E-state index is 0.0847. The Morgan fingerprint density at radius 1 is 1.38 bits per heavy atom. The van der Waals surface area contributed by atoms with Crippen LogP contribution in [0, 0.1) is 12.8 Å². The first-order valence-corrected chi connectivity index (χ1v) is 9.63. The molecule has 1 fully saturated rings. The number of thiazole rings is 1. The summed E-state index contributed by atoms with van der Waals surface area (Å²) in [6, 6.07) is 1.69. The highest BCUT2D eigenvalue weighted by Gasteiger charge is 2.27. The molecule has 0 radical (unpaired) electrons. The molecule has 26 heavy (non-hydrogen) atoms. The maximum Gasteiger partial charge on any atom is 0.239 e. The van der Waals surface area contributed by atoms with Crippen molar-refractivity contribution in [1.29, 1.82) is 0 Å². The molecule has 1 aliphatic heterocycles. The Kier molecular flexibility index (Phi) is 4.73. The van der Waals surface area contributed by atoms with Crippen LogP contribution in [-0.4, -0.2) is 39.9 Å². The molecule has 9 heteroatoms. The van der Waals surface area contributed by atoms with Crippen LogP contribution in [0.5, 0.6) is 0 Å². The summed E-state index contributed by atoms with van der Waals surface area (Å²) in [5.41, 5.74) is 1.03. The lowest BCUT2D eigenvalue weighted by atomic mass is 9.85. The predicted molar refractivity (Wildman–Crippen MR) is 96.9 cm³/mol. The Morgan fingerprint density at radius 3 is 2.92 bits per heavy atom. The third kappa shape index (κ3) is 3.78. The molecule has 2 aliphatic rings. The highest BCUT2D eigenvalue weighted by Crippen LogP contribution is 2.31. The van der Waals surface area contributed by atoms with Gasteiger partial charge in [-0.25, -0.2) is 4.98 Å². The van der Waals surface area contributed by atoms with E-state index in [0.29, 0.717) is 23.3 Å². The van der Waals surface area contributed by atoms with Crippen molar-refractivity contribution >= 4 is 34.1 Å². The second-order valence-electron chi connectivity index (χ2n) is 6.84. The SMILES string of the molecule is Cc1cc(NC(=O)CN2CCc3nc(NC(=O)C4CCC4)sc3C2)no1. The quantitative estimate of drug-likeness (QED) is 0.831. The van der Waals surface area contributed by atoms with Crippen molar-refractivity contribution in [2.75, 3.05) is 23.7 Å². The summed E-state index contributed by atoms with van der Waals surface area (Å²) in [7, 11) is 0. The second-order valence-corrected chi connectivity index (χ2v) is 7.92. The molecular weight excluding hydrogens is 354 g/mol. The standard InChI is InChI=1S/C17H21N5O3S/c1-10-7-14(21-25-10)19-15(23)9-22-6-5-12-13(8-22)26-17(18-12)20-16(24)11-3-2-4-11/h7,11H,2-6,8-9H2,1H3,(H,18,20,24)(H,19,21,23). The van der Waals surface area contributed by atoms with Crippen LogP contribution < -0.4 is 10.6 Å². The zero-order valence-corrected chi connectivity index (χ0v) is 15.4. The average molecular weight is 375 g/mol. The minimum Gasteiger partial charge on any atom is -0.360 e. The molecule has 0 unspecified atom stereocenters. The maximum absolute atomic E-state index is 12.2. The summed E-state index contributed by atoms with van der Waals surface area (Å²) in [4.78, 5) is 32.0. The number of carbonyl (C=O) groups excluding carboxylic acids is 2. The van der Waals surface area contributed by atoms with Gasteiger partial charge in [0.25, 0.3) is 0 Å². The normalized spacial score (nSPS) is 17.4. The van der Waals surface area contributed by atoms with Crippen molar-refractivity contribution < 1.29 is 14.1 Å². The largest absolute Gasteiger partial charge is 0.360 e. The molecule has 3 heterocycles. The number of carbonyl (C=O) groups is 2. The zero-order valence-electron chi connectivity index (χ0n) is 14.6. The number of aryl methyl sites for hydroxylation is 1. The van der Waals surface area contributed by atoms with E-state index in [1.807, 2.05) is 0 Å². The number of aromatic nitrogens is 2. The number of hydrogen-bond donors (Lipinski definition) is 2. The first-order valence-electron chi connectivity index (χ1n) is 8.82. The molecule has 2 aromatic rings. The van der Waals surface area contributed by atoms with Crippen molar-refractivity contribution in [3.8, 4) is 0 Å². The monoisotopic (exact) mass is 375 g/mol. The molecule has 1 saturated carbocycles. The van der Waals surface area contributed by atoms with Crippen molar-refractivity contribution in [3.63, 3.8) is 0 Å². The van der Waals surface area contributed by atoms with Crippen LogP contribution in [-0.2, 0) is 22.6 Å². The molecule has 1 aliphatic carbocycles. The third-order valence-corrected chi connectivity index (χ3v) is 5.78. The molecule has 0 atom stereocenters. The fourth-order valence-corrected chi connectivity index (χ4v) is 4.18. The Balaban J connectivity index is 1.32. The van der Waals surface area contributed by atoms with E-state index in [2.05, 4.69) is 25.7 Å². The molecule has 0 bridgehead atoms. The van der Waals surface area contributed by atoms with Gasteiger partial charge in [-0.1, -0.05) is 11.6 Å². The van der Waals surface area contributed by atoms with E-state index < -0.39 is 0 Å². The number of hydrogen-bond acceptors (Lipinski definition) is 7. The maximum atomic E-state index is 12.2. The van der Waals surface area contributed by atoms with Crippen LogP contribution >= 0.6 is 11.3 Å². The van der Waals surface area contributed by atoms with Crippen LogP contribution in [0.15, 0.2) is 10.6 Å². The number of amides is 2. The Hall–Kier alpha value is -2.26. The molecule has 4 rings (SSSR count). The highest BCUT2D eigenvalue weighted by atomic mass is 32.1. The van der Waals surface area contributed by atoms with Crippen LogP contribution in [0.4, 0.5) is 10.9 Å². The van der Waals surface area contributed by atoms with E-state index in [0.717, 1.165) is 42.8 Å². The summed E-state index contributed by atoms with van der Waals surface area (Å²) < 4.78 is 4.95. The van der Waals surface area contributed by atoms with Crippen molar-refractivity contribution in [3.05, 3.63) is 22.4 Å². The number of nitrogens with one attached hydrogen (secondary N) is 2. The van der Waals surface area contributed by atoms with Crippen LogP contribution in [0.1, 0.15) is 35.6 Å². The van der Waals surface area contributed by atoms with Gasteiger partial charge in [0.05, 0.1) is 12.2 Å². The van der Waals surface area contributed by atoms with Crippen molar-refractivity contribution in [2.24, 2.45) is 5.92 Å². The molecular formula is C17H21N5O3S. The van der Waals surface area contributed by atoms with Crippen LogP contribution in [0.2, 0.25) is 0 Å². The molecule has 0 aromatic carbocycles. The van der Waals surface area contributed by atoms with Gasteiger partial charge in [-0.05, 0) is 19.8 Å². The van der Waals surface area contributed by atoms with Gasteiger partial charge in [0.1, 0.15) is 5.76 Å². The second kappa shape index (κ2) is 7.16. The topological polar surface area (TPSA) is 100 Å². The smallest absolute Gasteiger partial charge is 0.239 e. The van der Waals surface area contributed by atoms with Crippen molar-refractivity contribution in [2.45, 2.75) is 39.2 Å². The van der Waals surface area contributed by atoms with Gasteiger partial charge in [-0.2, -0.15) is 0 Å². The lowest BCUT2D eigenvalue weighted by molar-refractivity contribution is -0.122. The molecule has 2 N–H and O–H groups in total. The first-order chi connectivity index (χ1) is 12.6. The van der Waals surface area contributed by atoms with Crippen LogP contribution in [0.3, 0.4) is 0 Å². The summed E-state index contributed by atoms with van der Waals surface area (Å²) in [5.74, 6) is 1.20. The molecule has 0 saturated heterocycles. The number of anilines is 2. The van der Waals surface area contributed by atoms with Crippen LogP contribution in [0.25, 0.3) is 0 Å². The molecule has 2 aromatic heterocycles. The van der Waals surface area contributed by atoms with Crippen molar-refractivity contribution in [1.82, 2.24) is 15.0 Å². The number of nitrogens with zero attached hydrogens (tertiary/aromatic N) is 3. The number of rotatable bonds is 5. The fraction of sp³-hybridized carbons (Fsp3) is 0.529. The van der Waals surface area contributed by atoms with Gasteiger partial charge in [-0.3, -0.25) is 14.5 Å². The average Bonchev–Trinajstić information content (AvgIpc) is 3.10. The van der Waals surface area contributed by atoms with E-state index in [4.69, 9.17) is 4.52 Å². The van der Waals surface area contributed by atoms with Gasteiger partial charge in [0, 0.05) is 36.4 Å². The predicted octanol–water partition coefficient (Wildman–Crippen LogP) is 2.17. The fourth-order valence-electron chi connectivity index (χ4n) is 3.13. The van der Waals surface area contributed by atoms with E-state index in [-0.39, 0.29) is 24.3 Å². The lowest BCUT2D eigenvalue weighted by Crippen LogP contribution is -2.36. The summed E-state index contributed by atoms with van der Waals surface area (Å²) in [6.07, 6.45) is 3.87. The number of fused-ring (bicyclic) bond motifs is 1. The zero-order chi connectivity index (χ0) is 18.1. The minimum atomic E-state index is -0.121. The highest BCUT2D eigenvalue weighted by molar-refractivity contribution is 7.15. The Bertz CT molecular complexity index is 826. The summed E-state index contributed by atoms with van der Waals surface area (Å²) in [6.45, 7) is 3.49.